The molecule has 1 heterocycles. The molecule has 2 rings (SSSR count). The summed E-state index contributed by atoms with van der Waals surface area (Å²) in [4.78, 5) is 14.7. The van der Waals surface area contributed by atoms with Gasteiger partial charge in [0.1, 0.15) is 6.17 Å². The van der Waals surface area contributed by atoms with Crippen LogP contribution in [-0.4, -0.2) is 31.5 Å². The molecule has 21 heavy (non-hydrogen) atoms. The largest absolute Gasteiger partial charge is 0.245 e. The molecule has 114 valence electrons. The van der Waals surface area contributed by atoms with Gasteiger partial charge in [0.2, 0.25) is 16.1 Å². The third kappa shape index (κ3) is 3.07. The van der Waals surface area contributed by atoms with Crippen LogP contribution in [0.4, 0.5) is 0 Å². The number of sulfonamides is 1. The molecule has 1 aromatic carbocycles. The Balaban J connectivity index is 2.50. The molecule has 0 aromatic heterocycles. The highest BCUT2D eigenvalue weighted by atomic mass is 32.2. The molecule has 2 unspecified atom stereocenters. The fourth-order valence-corrected chi connectivity index (χ4v) is 4.72. The zero-order chi connectivity index (χ0) is 15.6. The van der Waals surface area contributed by atoms with Crippen molar-refractivity contribution in [2.45, 2.75) is 44.7 Å². The lowest BCUT2D eigenvalue weighted by Gasteiger charge is -2.35. The van der Waals surface area contributed by atoms with E-state index in [4.69, 9.17) is 0 Å². The molecule has 0 aliphatic carbocycles. The predicted molar refractivity (Wildman–Crippen MR) is 80.1 cm³/mol. The predicted octanol–water partition coefficient (Wildman–Crippen LogP) is 2.39. The number of nitrogens with zero attached hydrogens (tertiary/aromatic N) is 2. The monoisotopic (exact) mass is 308 g/mol. The van der Waals surface area contributed by atoms with Gasteiger partial charge in [0, 0.05) is 6.54 Å². The molecule has 0 bridgehead atoms. The van der Waals surface area contributed by atoms with E-state index in [-0.39, 0.29) is 5.92 Å². The van der Waals surface area contributed by atoms with Crippen LogP contribution in [0.1, 0.15) is 30.9 Å². The van der Waals surface area contributed by atoms with E-state index in [1.165, 1.54) is 10.4 Å². The van der Waals surface area contributed by atoms with Gasteiger partial charge in [-0.1, -0.05) is 19.1 Å². The van der Waals surface area contributed by atoms with Crippen molar-refractivity contribution in [1.29, 1.82) is 0 Å². The number of aryl methyl sites for hydroxylation is 2. The lowest BCUT2D eigenvalue weighted by atomic mass is 9.98. The standard InChI is InChI=1S/C15H20N2O3S/c1-11-6-7-12(2)14(9-11)21(19,20)17-8-4-5-13(3)15(17)16-10-18/h6-7,9,13,15H,4-5,8H2,1-3H3. The van der Waals surface area contributed by atoms with E-state index in [9.17, 15) is 13.2 Å². The van der Waals surface area contributed by atoms with Gasteiger partial charge in [0.15, 0.2) is 0 Å². The van der Waals surface area contributed by atoms with Crippen molar-refractivity contribution in [2.75, 3.05) is 6.54 Å². The molecule has 0 N–H and O–H groups in total. The molecular formula is C15H20N2O3S. The Morgan fingerprint density at radius 1 is 1.33 bits per heavy atom. The zero-order valence-corrected chi connectivity index (χ0v) is 13.4. The summed E-state index contributed by atoms with van der Waals surface area (Å²) in [7, 11) is -3.66. The van der Waals surface area contributed by atoms with Crippen molar-refractivity contribution < 1.29 is 13.2 Å². The second-order valence-electron chi connectivity index (χ2n) is 5.64. The average Bonchev–Trinajstić information content (AvgIpc) is 2.43. The van der Waals surface area contributed by atoms with E-state index < -0.39 is 16.2 Å². The molecule has 0 amide bonds. The van der Waals surface area contributed by atoms with Gasteiger partial charge in [-0.15, -0.1) is 0 Å². The lowest BCUT2D eigenvalue weighted by molar-refractivity contribution is 0.194. The summed E-state index contributed by atoms with van der Waals surface area (Å²) in [5, 5.41) is 0. The number of piperidine rings is 1. The maximum Gasteiger partial charge on any atom is 0.245 e. The molecule has 0 saturated carbocycles. The lowest BCUT2D eigenvalue weighted by Crippen LogP contribution is -2.46. The van der Waals surface area contributed by atoms with Gasteiger partial charge >= 0.3 is 0 Å². The third-order valence-electron chi connectivity index (χ3n) is 3.96. The Labute approximate surface area is 125 Å². The van der Waals surface area contributed by atoms with E-state index in [0.717, 1.165) is 18.4 Å². The minimum atomic E-state index is -3.66. The van der Waals surface area contributed by atoms with Crippen LogP contribution in [0.3, 0.4) is 0 Å². The summed E-state index contributed by atoms with van der Waals surface area (Å²) in [5.41, 5.74) is 1.59. The molecule has 6 heteroatoms. The van der Waals surface area contributed by atoms with Crippen LogP contribution >= 0.6 is 0 Å². The molecule has 1 saturated heterocycles. The molecule has 0 spiro atoms. The topological polar surface area (TPSA) is 66.8 Å². The number of hydrogen-bond donors (Lipinski definition) is 0. The van der Waals surface area contributed by atoms with Crippen molar-refractivity contribution in [3.05, 3.63) is 29.3 Å². The highest BCUT2D eigenvalue weighted by Gasteiger charge is 2.37. The summed E-state index contributed by atoms with van der Waals surface area (Å²) >= 11 is 0. The number of benzene rings is 1. The average molecular weight is 308 g/mol. The summed E-state index contributed by atoms with van der Waals surface area (Å²) in [6.45, 7) is 5.93. The number of carbonyl (C=O) groups excluding carboxylic acids is 1. The van der Waals surface area contributed by atoms with Crippen LogP contribution in [0.5, 0.6) is 0 Å². The Bertz CT molecular complexity index is 678. The minimum absolute atomic E-state index is 0.0140. The molecule has 1 aliphatic rings. The molecule has 1 aromatic rings. The van der Waals surface area contributed by atoms with Crippen molar-refractivity contribution in [1.82, 2.24) is 4.31 Å². The normalized spacial score (nSPS) is 23.6. The quantitative estimate of drug-likeness (QED) is 0.636. The number of rotatable bonds is 3. The Hall–Kier alpha value is -1.49. The van der Waals surface area contributed by atoms with Crippen molar-refractivity contribution in [2.24, 2.45) is 10.9 Å². The van der Waals surface area contributed by atoms with Gasteiger partial charge in [0.05, 0.1) is 4.90 Å². The van der Waals surface area contributed by atoms with Gasteiger partial charge in [-0.3, -0.25) is 0 Å². The van der Waals surface area contributed by atoms with Crippen molar-refractivity contribution in [3.63, 3.8) is 0 Å². The van der Waals surface area contributed by atoms with Crippen LogP contribution in [-0.2, 0) is 14.8 Å². The van der Waals surface area contributed by atoms with Crippen LogP contribution in [0.15, 0.2) is 28.1 Å². The molecule has 5 nitrogen and oxygen atoms in total. The fourth-order valence-electron chi connectivity index (χ4n) is 2.75. The van der Waals surface area contributed by atoms with Crippen molar-refractivity contribution >= 4 is 16.1 Å². The number of isocyanates is 1. The maximum atomic E-state index is 12.9. The van der Waals surface area contributed by atoms with E-state index >= 15 is 0 Å². The second-order valence-corrected chi connectivity index (χ2v) is 7.50. The van der Waals surface area contributed by atoms with Gasteiger partial charge < -0.3 is 0 Å². The van der Waals surface area contributed by atoms with Gasteiger partial charge in [-0.05, 0) is 49.8 Å². The van der Waals surface area contributed by atoms with E-state index in [1.54, 1.807) is 19.1 Å². The van der Waals surface area contributed by atoms with E-state index in [0.29, 0.717) is 17.0 Å². The van der Waals surface area contributed by atoms with Gasteiger partial charge in [-0.25, -0.2) is 13.2 Å². The van der Waals surface area contributed by atoms with Crippen LogP contribution < -0.4 is 0 Å². The first-order valence-electron chi connectivity index (χ1n) is 7.04. The first kappa shape index (κ1) is 15.9. The summed E-state index contributed by atoms with van der Waals surface area (Å²) in [6.07, 6.45) is 2.49. The van der Waals surface area contributed by atoms with E-state index in [2.05, 4.69) is 4.99 Å². The summed E-state index contributed by atoms with van der Waals surface area (Å²) < 4.78 is 27.2. The Morgan fingerprint density at radius 3 is 2.71 bits per heavy atom. The summed E-state index contributed by atoms with van der Waals surface area (Å²) in [6, 6.07) is 5.35. The number of aliphatic imine (C=N–C) groups is 1. The molecule has 1 aliphatic heterocycles. The van der Waals surface area contributed by atoms with Crippen LogP contribution in [0.2, 0.25) is 0 Å². The molecule has 1 fully saturated rings. The SMILES string of the molecule is Cc1ccc(C)c(S(=O)(=O)N2CCCC(C)C2N=C=O)c1. The molecule has 2 atom stereocenters. The van der Waals surface area contributed by atoms with Gasteiger partial charge in [0.25, 0.3) is 0 Å². The highest BCUT2D eigenvalue weighted by Crippen LogP contribution is 2.31. The summed E-state index contributed by atoms with van der Waals surface area (Å²) in [5.74, 6) is 0.0140. The minimum Gasteiger partial charge on any atom is -0.211 e. The first-order valence-corrected chi connectivity index (χ1v) is 8.48. The third-order valence-corrected chi connectivity index (χ3v) is 5.97. The zero-order valence-electron chi connectivity index (χ0n) is 12.5. The van der Waals surface area contributed by atoms with E-state index in [1.807, 2.05) is 19.9 Å². The first-order chi connectivity index (χ1) is 9.87. The smallest absolute Gasteiger partial charge is 0.211 e. The molecular weight excluding hydrogens is 288 g/mol. The van der Waals surface area contributed by atoms with Crippen LogP contribution in [0, 0.1) is 19.8 Å². The fraction of sp³-hybridized carbons (Fsp3) is 0.533. The van der Waals surface area contributed by atoms with Crippen LogP contribution in [0.25, 0.3) is 0 Å². The van der Waals surface area contributed by atoms with Gasteiger partial charge in [-0.2, -0.15) is 9.30 Å². The molecule has 0 radical (unpaired) electrons. The Kier molecular flexibility index (Phi) is 4.61. The highest BCUT2D eigenvalue weighted by molar-refractivity contribution is 7.89. The maximum absolute atomic E-state index is 12.9. The number of hydrogen-bond acceptors (Lipinski definition) is 4. The second kappa shape index (κ2) is 6.10. The Morgan fingerprint density at radius 2 is 2.05 bits per heavy atom. The van der Waals surface area contributed by atoms with Crippen molar-refractivity contribution in [3.8, 4) is 0 Å².